The maximum atomic E-state index is 11.8. The average molecular weight is 264 g/mol. The lowest BCUT2D eigenvalue weighted by molar-refractivity contribution is -0.122. The van der Waals surface area contributed by atoms with Gasteiger partial charge in [0.25, 0.3) is 0 Å². The molecule has 0 aliphatic heterocycles. The van der Waals surface area contributed by atoms with Crippen LogP contribution in [-0.4, -0.2) is 28.0 Å². The molecule has 1 unspecified atom stereocenters. The van der Waals surface area contributed by atoms with E-state index in [2.05, 4.69) is 20.6 Å². The molecule has 2 aromatic rings. The van der Waals surface area contributed by atoms with E-state index in [0.717, 1.165) is 10.2 Å². The van der Waals surface area contributed by atoms with Crippen molar-refractivity contribution >= 4 is 33.3 Å². The summed E-state index contributed by atoms with van der Waals surface area (Å²) in [6.07, 6.45) is 1.51. The number of nitrogens with zero attached hydrogens (tertiary/aromatic N) is 2. The molecule has 0 saturated carbocycles. The first kappa shape index (κ1) is 12.8. The van der Waals surface area contributed by atoms with Crippen molar-refractivity contribution in [2.45, 2.75) is 32.9 Å². The molecule has 1 amide bonds. The SMILES string of the molecule is CC(C)NC(=O)C(C)Nc1ncnc2sccc12. The lowest BCUT2D eigenvalue weighted by Crippen LogP contribution is -2.41. The molecule has 2 heterocycles. The van der Waals surface area contributed by atoms with Crippen molar-refractivity contribution in [3.63, 3.8) is 0 Å². The number of thiophene rings is 1. The number of rotatable bonds is 4. The predicted molar refractivity (Wildman–Crippen MR) is 73.8 cm³/mol. The fraction of sp³-hybridized carbons (Fsp3) is 0.417. The lowest BCUT2D eigenvalue weighted by Gasteiger charge is -2.16. The van der Waals surface area contributed by atoms with E-state index in [0.29, 0.717) is 5.82 Å². The molecule has 5 nitrogen and oxygen atoms in total. The smallest absolute Gasteiger partial charge is 0.242 e. The highest BCUT2D eigenvalue weighted by Crippen LogP contribution is 2.24. The Morgan fingerprint density at radius 3 is 2.83 bits per heavy atom. The summed E-state index contributed by atoms with van der Waals surface area (Å²) in [6.45, 7) is 5.69. The minimum absolute atomic E-state index is 0.0352. The van der Waals surface area contributed by atoms with Gasteiger partial charge in [-0.05, 0) is 32.2 Å². The quantitative estimate of drug-likeness (QED) is 0.886. The highest BCUT2D eigenvalue weighted by molar-refractivity contribution is 7.16. The van der Waals surface area contributed by atoms with Crippen LogP contribution < -0.4 is 10.6 Å². The Morgan fingerprint density at radius 2 is 2.11 bits per heavy atom. The first-order chi connectivity index (χ1) is 8.58. The van der Waals surface area contributed by atoms with Crippen molar-refractivity contribution in [3.05, 3.63) is 17.8 Å². The van der Waals surface area contributed by atoms with E-state index in [-0.39, 0.29) is 18.0 Å². The minimum atomic E-state index is -0.328. The van der Waals surface area contributed by atoms with Crippen molar-refractivity contribution in [1.82, 2.24) is 15.3 Å². The van der Waals surface area contributed by atoms with Crippen LogP contribution in [0.3, 0.4) is 0 Å². The van der Waals surface area contributed by atoms with Crippen molar-refractivity contribution in [2.24, 2.45) is 0 Å². The molecule has 0 aliphatic rings. The van der Waals surface area contributed by atoms with Crippen LogP contribution in [0.15, 0.2) is 17.8 Å². The zero-order chi connectivity index (χ0) is 13.1. The number of nitrogens with one attached hydrogen (secondary N) is 2. The molecule has 2 aromatic heterocycles. The molecule has 96 valence electrons. The molecule has 2 rings (SSSR count). The molecular formula is C12H16N4OS. The van der Waals surface area contributed by atoms with Gasteiger partial charge in [0.1, 0.15) is 23.0 Å². The van der Waals surface area contributed by atoms with Gasteiger partial charge in [-0.15, -0.1) is 11.3 Å². The van der Waals surface area contributed by atoms with Crippen molar-refractivity contribution in [3.8, 4) is 0 Å². The monoisotopic (exact) mass is 264 g/mol. The van der Waals surface area contributed by atoms with Gasteiger partial charge in [-0.1, -0.05) is 0 Å². The topological polar surface area (TPSA) is 66.9 Å². The van der Waals surface area contributed by atoms with E-state index in [9.17, 15) is 4.79 Å². The molecule has 6 heteroatoms. The highest BCUT2D eigenvalue weighted by atomic mass is 32.1. The number of hydrogen-bond donors (Lipinski definition) is 2. The third-order valence-electron chi connectivity index (χ3n) is 2.44. The van der Waals surface area contributed by atoms with E-state index < -0.39 is 0 Å². The minimum Gasteiger partial charge on any atom is -0.358 e. The first-order valence-corrected chi connectivity index (χ1v) is 6.71. The van der Waals surface area contributed by atoms with E-state index in [4.69, 9.17) is 0 Å². The fourth-order valence-electron chi connectivity index (χ4n) is 1.59. The first-order valence-electron chi connectivity index (χ1n) is 5.83. The zero-order valence-corrected chi connectivity index (χ0v) is 11.4. The van der Waals surface area contributed by atoms with Crippen LogP contribution in [0, 0.1) is 0 Å². The van der Waals surface area contributed by atoms with Crippen LogP contribution in [0.2, 0.25) is 0 Å². The molecule has 0 spiro atoms. The Kier molecular flexibility index (Phi) is 3.76. The summed E-state index contributed by atoms with van der Waals surface area (Å²) in [6, 6.07) is 1.76. The van der Waals surface area contributed by atoms with E-state index in [1.54, 1.807) is 11.3 Å². The maximum Gasteiger partial charge on any atom is 0.242 e. The molecular weight excluding hydrogens is 248 g/mol. The van der Waals surface area contributed by atoms with Crippen LogP contribution in [-0.2, 0) is 4.79 Å². The molecule has 0 fully saturated rings. The third kappa shape index (κ3) is 2.76. The molecule has 1 atom stereocenters. The van der Waals surface area contributed by atoms with Gasteiger partial charge in [0.05, 0.1) is 5.39 Å². The van der Waals surface area contributed by atoms with Gasteiger partial charge in [0.2, 0.25) is 5.91 Å². The molecule has 0 saturated heterocycles. The van der Waals surface area contributed by atoms with E-state index in [1.807, 2.05) is 32.2 Å². The second-order valence-electron chi connectivity index (χ2n) is 4.39. The number of anilines is 1. The number of carbonyl (C=O) groups excluding carboxylic acids is 1. The Bertz CT molecular complexity index is 552. The van der Waals surface area contributed by atoms with Crippen LogP contribution in [0.4, 0.5) is 5.82 Å². The summed E-state index contributed by atoms with van der Waals surface area (Å²) >= 11 is 1.56. The summed E-state index contributed by atoms with van der Waals surface area (Å²) < 4.78 is 0. The normalized spacial score (nSPS) is 12.7. The fourth-order valence-corrected chi connectivity index (χ4v) is 2.32. The van der Waals surface area contributed by atoms with Crippen LogP contribution in [0.25, 0.3) is 10.2 Å². The second kappa shape index (κ2) is 5.30. The van der Waals surface area contributed by atoms with Gasteiger partial charge >= 0.3 is 0 Å². The number of aromatic nitrogens is 2. The summed E-state index contributed by atoms with van der Waals surface area (Å²) in [7, 11) is 0. The molecule has 0 aliphatic carbocycles. The Labute approximate surface area is 110 Å². The second-order valence-corrected chi connectivity index (χ2v) is 5.29. The van der Waals surface area contributed by atoms with E-state index >= 15 is 0 Å². The summed E-state index contributed by atoms with van der Waals surface area (Å²) in [5.74, 6) is 0.666. The average Bonchev–Trinajstić information content (AvgIpc) is 2.77. The molecule has 0 bridgehead atoms. The third-order valence-corrected chi connectivity index (χ3v) is 3.26. The van der Waals surface area contributed by atoms with Gasteiger partial charge in [0.15, 0.2) is 0 Å². The highest BCUT2D eigenvalue weighted by Gasteiger charge is 2.15. The van der Waals surface area contributed by atoms with Crippen molar-refractivity contribution < 1.29 is 4.79 Å². The largest absolute Gasteiger partial charge is 0.358 e. The number of amides is 1. The molecule has 0 radical (unpaired) electrons. The predicted octanol–water partition coefficient (Wildman–Crippen LogP) is 2.02. The van der Waals surface area contributed by atoms with Crippen LogP contribution >= 0.6 is 11.3 Å². The Morgan fingerprint density at radius 1 is 1.33 bits per heavy atom. The summed E-state index contributed by atoms with van der Waals surface area (Å²) in [4.78, 5) is 21.1. The standard InChI is InChI=1S/C12H16N4OS/c1-7(2)15-11(17)8(3)16-10-9-4-5-18-12(9)14-6-13-10/h4-8H,1-3H3,(H,15,17)(H,13,14,16). The zero-order valence-electron chi connectivity index (χ0n) is 10.6. The number of hydrogen-bond acceptors (Lipinski definition) is 5. The van der Waals surface area contributed by atoms with Crippen LogP contribution in [0.5, 0.6) is 0 Å². The van der Waals surface area contributed by atoms with Gasteiger partial charge < -0.3 is 10.6 Å². The molecule has 0 aromatic carbocycles. The maximum absolute atomic E-state index is 11.8. The van der Waals surface area contributed by atoms with Crippen molar-refractivity contribution in [1.29, 1.82) is 0 Å². The van der Waals surface area contributed by atoms with Gasteiger partial charge in [-0.2, -0.15) is 0 Å². The van der Waals surface area contributed by atoms with E-state index in [1.165, 1.54) is 6.33 Å². The molecule has 2 N–H and O–H groups in total. The van der Waals surface area contributed by atoms with Gasteiger partial charge in [-0.3, -0.25) is 4.79 Å². The Balaban J connectivity index is 2.13. The van der Waals surface area contributed by atoms with Crippen LogP contribution in [0.1, 0.15) is 20.8 Å². The molecule has 18 heavy (non-hydrogen) atoms. The summed E-state index contributed by atoms with van der Waals surface area (Å²) in [5, 5.41) is 8.89. The Hall–Kier alpha value is -1.69. The number of carbonyl (C=O) groups is 1. The van der Waals surface area contributed by atoms with Gasteiger partial charge in [-0.25, -0.2) is 9.97 Å². The van der Waals surface area contributed by atoms with Gasteiger partial charge in [0, 0.05) is 6.04 Å². The summed E-state index contributed by atoms with van der Waals surface area (Å²) in [5.41, 5.74) is 0. The number of fused-ring (bicyclic) bond motifs is 1. The lowest BCUT2D eigenvalue weighted by atomic mass is 10.2. The van der Waals surface area contributed by atoms with Crippen molar-refractivity contribution in [2.75, 3.05) is 5.32 Å².